The quantitative estimate of drug-likeness (QED) is 0.899. The summed E-state index contributed by atoms with van der Waals surface area (Å²) in [6.45, 7) is 4.17. The first-order chi connectivity index (χ1) is 8.52. The number of nitrogens with two attached hydrogens (primary N) is 1. The normalized spacial score (nSPS) is 14.0. The molecule has 0 fully saturated rings. The lowest BCUT2D eigenvalue weighted by atomic mass is 9.96. The van der Waals surface area contributed by atoms with Crippen LogP contribution in [0.15, 0.2) is 23.7 Å². The van der Waals surface area contributed by atoms with Gasteiger partial charge in [0, 0.05) is 19.3 Å². The van der Waals surface area contributed by atoms with Crippen molar-refractivity contribution in [3.63, 3.8) is 0 Å². The summed E-state index contributed by atoms with van der Waals surface area (Å²) in [5, 5.41) is 2.06. The summed E-state index contributed by atoms with van der Waals surface area (Å²) >= 11 is 1.70. The monoisotopic (exact) mass is 264 g/mol. The maximum atomic E-state index is 6.23. The lowest BCUT2D eigenvalue weighted by Crippen LogP contribution is -2.24. The molecule has 0 spiro atoms. The summed E-state index contributed by atoms with van der Waals surface area (Å²) in [5.74, 6) is 0. The van der Waals surface area contributed by atoms with E-state index in [0.717, 1.165) is 23.9 Å². The van der Waals surface area contributed by atoms with Gasteiger partial charge in [-0.1, -0.05) is 0 Å². The Morgan fingerprint density at radius 1 is 1.50 bits per heavy atom. The van der Waals surface area contributed by atoms with E-state index >= 15 is 0 Å². The Balaban J connectivity index is 2.06. The van der Waals surface area contributed by atoms with E-state index < -0.39 is 0 Å². The number of hydrogen-bond acceptors (Lipinski definition) is 4. The molecule has 0 saturated heterocycles. The van der Waals surface area contributed by atoms with Gasteiger partial charge >= 0.3 is 0 Å². The molecule has 0 aliphatic heterocycles. The van der Waals surface area contributed by atoms with Crippen LogP contribution in [0.4, 0.5) is 0 Å². The van der Waals surface area contributed by atoms with E-state index in [4.69, 9.17) is 10.5 Å². The number of nitrogens with zero attached hydrogens (tertiary/aromatic N) is 1. The summed E-state index contributed by atoms with van der Waals surface area (Å²) in [6, 6.07) is 4.21. The van der Waals surface area contributed by atoms with Crippen molar-refractivity contribution in [1.82, 2.24) is 4.98 Å². The highest BCUT2D eigenvalue weighted by Gasteiger charge is 2.18. The molecule has 0 amide bonds. The fraction of sp³-hybridized carbons (Fsp3) is 0.500. The van der Waals surface area contributed by atoms with Crippen molar-refractivity contribution in [2.24, 2.45) is 5.73 Å². The molecule has 1 unspecified atom stereocenters. The topological polar surface area (TPSA) is 48.1 Å². The second-order valence-electron chi connectivity index (χ2n) is 5.18. The third-order valence-corrected chi connectivity index (χ3v) is 4.22. The molecule has 18 heavy (non-hydrogen) atoms. The molecule has 2 heterocycles. The molecule has 3 nitrogen and oxygen atoms in total. The van der Waals surface area contributed by atoms with Gasteiger partial charge in [-0.15, -0.1) is 11.3 Å². The minimum atomic E-state index is -0.113. The van der Waals surface area contributed by atoms with E-state index in [0.29, 0.717) is 0 Å². The molecule has 2 N–H and O–H groups in total. The van der Waals surface area contributed by atoms with Crippen LogP contribution >= 0.6 is 11.3 Å². The predicted molar refractivity (Wildman–Crippen MR) is 76.9 cm³/mol. The summed E-state index contributed by atoms with van der Waals surface area (Å²) in [4.78, 5) is 4.43. The highest BCUT2D eigenvalue weighted by molar-refractivity contribution is 7.17. The van der Waals surface area contributed by atoms with Crippen molar-refractivity contribution >= 4 is 21.6 Å². The molecule has 1 atom stereocenters. The summed E-state index contributed by atoms with van der Waals surface area (Å²) < 4.78 is 6.62. The fourth-order valence-electron chi connectivity index (χ4n) is 1.84. The van der Waals surface area contributed by atoms with E-state index in [9.17, 15) is 0 Å². The minimum Gasteiger partial charge on any atom is -0.379 e. The number of aromatic nitrogens is 1. The van der Waals surface area contributed by atoms with Crippen LogP contribution in [0, 0.1) is 0 Å². The molecule has 0 aliphatic rings. The molecular weight excluding hydrogens is 244 g/mol. The van der Waals surface area contributed by atoms with Gasteiger partial charge in [0.2, 0.25) is 0 Å². The van der Waals surface area contributed by atoms with E-state index in [-0.39, 0.29) is 11.6 Å². The predicted octanol–water partition coefficient (Wildman–Crippen LogP) is 3.50. The van der Waals surface area contributed by atoms with Crippen molar-refractivity contribution in [3.8, 4) is 0 Å². The van der Waals surface area contributed by atoms with Crippen LogP contribution in [0.2, 0.25) is 0 Å². The number of thiophene rings is 1. The highest BCUT2D eigenvalue weighted by Crippen LogP contribution is 2.26. The van der Waals surface area contributed by atoms with Gasteiger partial charge < -0.3 is 10.5 Å². The minimum absolute atomic E-state index is 0.0263. The number of rotatable bonds is 5. The van der Waals surface area contributed by atoms with E-state index in [1.54, 1.807) is 18.4 Å². The van der Waals surface area contributed by atoms with Crippen LogP contribution < -0.4 is 5.73 Å². The van der Waals surface area contributed by atoms with Crippen LogP contribution in [-0.4, -0.2) is 17.7 Å². The van der Waals surface area contributed by atoms with Crippen molar-refractivity contribution in [2.75, 3.05) is 7.11 Å². The Labute approximate surface area is 112 Å². The third kappa shape index (κ3) is 3.07. The molecule has 0 radical (unpaired) electrons. The Morgan fingerprint density at radius 3 is 3.00 bits per heavy atom. The van der Waals surface area contributed by atoms with Gasteiger partial charge in [0.25, 0.3) is 0 Å². The standard InChI is InChI=1S/C14H20N2OS/c1-14(2,17-3)6-4-11(15)10-8-13-12(16-9-10)5-7-18-13/h5,7-9,11H,4,6,15H2,1-3H3. The zero-order valence-corrected chi connectivity index (χ0v) is 12.0. The van der Waals surface area contributed by atoms with E-state index in [1.165, 1.54) is 4.70 Å². The summed E-state index contributed by atoms with van der Waals surface area (Å²) in [6.07, 6.45) is 3.73. The Kier molecular flexibility index (Phi) is 4.00. The SMILES string of the molecule is COC(C)(C)CCC(N)c1cnc2ccsc2c1. The van der Waals surface area contributed by atoms with Gasteiger partial charge in [-0.05, 0) is 49.8 Å². The van der Waals surface area contributed by atoms with Crippen molar-refractivity contribution in [1.29, 1.82) is 0 Å². The largest absolute Gasteiger partial charge is 0.379 e. The zero-order valence-electron chi connectivity index (χ0n) is 11.1. The molecule has 2 aromatic rings. The second-order valence-corrected chi connectivity index (χ2v) is 6.13. The van der Waals surface area contributed by atoms with Crippen LogP contribution in [-0.2, 0) is 4.74 Å². The first-order valence-electron chi connectivity index (χ1n) is 6.16. The maximum Gasteiger partial charge on any atom is 0.0809 e. The molecule has 0 aromatic carbocycles. The number of ether oxygens (including phenoxy) is 1. The van der Waals surface area contributed by atoms with Gasteiger partial charge in [0.05, 0.1) is 15.8 Å². The molecular formula is C14H20N2OS. The highest BCUT2D eigenvalue weighted by atomic mass is 32.1. The van der Waals surface area contributed by atoms with Crippen molar-refractivity contribution < 1.29 is 4.74 Å². The Bertz CT molecular complexity index is 521. The van der Waals surface area contributed by atoms with E-state index in [1.807, 2.05) is 12.3 Å². The molecule has 0 bridgehead atoms. The Morgan fingerprint density at radius 2 is 2.28 bits per heavy atom. The lowest BCUT2D eigenvalue weighted by Gasteiger charge is -2.24. The van der Waals surface area contributed by atoms with Gasteiger partial charge in [-0.2, -0.15) is 0 Å². The smallest absolute Gasteiger partial charge is 0.0809 e. The summed E-state index contributed by atoms with van der Waals surface area (Å²) in [5.41, 5.74) is 8.27. The molecule has 0 saturated carbocycles. The summed E-state index contributed by atoms with van der Waals surface area (Å²) in [7, 11) is 1.74. The van der Waals surface area contributed by atoms with E-state index in [2.05, 4.69) is 30.3 Å². The Hall–Kier alpha value is -0.970. The van der Waals surface area contributed by atoms with Gasteiger partial charge in [-0.3, -0.25) is 4.98 Å². The first kappa shape index (κ1) is 13.5. The lowest BCUT2D eigenvalue weighted by molar-refractivity contribution is 0.0125. The maximum absolute atomic E-state index is 6.23. The fourth-order valence-corrected chi connectivity index (χ4v) is 2.63. The second kappa shape index (κ2) is 5.34. The number of fused-ring (bicyclic) bond motifs is 1. The number of pyridine rings is 1. The van der Waals surface area contributed by atoms with Crippen LogP contribution in [0.1, 0.15) is 38.3 Å². The van der Waals surface area contributed by atoms with Gasteiger partial charge in [0.1, 0.15) is 0 Å². The molecule has 4 heteroatoms. The molecule has 2 rings (SSSR count). The average molecular weight is 264 g/mol. The van der Waals surface area contributed by atoms with Crippen LogP contribution in [0.3, 0.4) is 0 Å². The van der Waals surface area contributed by atoms with Gasteiger partial charge in [0.15, 0.2) is 0 Å². The number of methoxy groups -OCH3 is 1. The van der Waals surface area contributed by atoms with Crippen molar-refractivity contribution in [2.45, 2.75) is 38.3 Å². The van der Waals surface area contributed by atoms with Crippen LogP contribution in [0.25, 0.3) is 10.2 Å². The van der Waals surface area contributed by atoms with Crippen molar-refractivity contribution in [3.05, 3.63) is 29.3 Å². The first-order valence-corrected chi connectivity index (χ1v) is 7.04. The third-order valence-electron chi connectivity index (χ3n) is 3.36. The molecule has 98 valence electrons. The van der Waals surface area contributed by atoms with Gasteiger partial charge in [-0.25, -0.2) is 0 Å². The number of hydrogen-bond donors (Lipinski definition) is 1. The zero-order chi connectivity index (χ0) is 13.2. The van der Waals surface area contributed by atoms with Crippen LogP contribution in [0.5, 0.6) is 0 Å². The molecule has 2 aromatic heterocycles. The molecule has 0 aliphatic carbocycles. The average Bonchev–Trinajstić information content (AvgIpc) is 2.83.